The van der Waals surface area contributed by atoms with Crippen LogP contribution >= 0.6 is 7.82 Å². The van der Waals surface area contributed by atoms with Crippen molar-refractivity contribution in [3.8, 4) is 0 Å². The summed E-state index contributed by atoms with van der Waals surface area (Å²) in [5.74, 6) is -0.312. The summed E-state index contributed by atoms with van der Waals surface area (Å²) in [6.07, 6.45) is 41.0. The van der Waals surface area contributed by atoms with Gasteiger partial charge < -0.3 is 18.9 Å². The second-order valence-corrected chi connectivity index (χ2v) is 17.9. The second-order valence-electron chi connectivity index (χ2n) is 16.4. The minimum atomic E-state index is -4.27. The first-order chi connectivity index (χ1) is 25.6. The number of hydrogen-bond donors (Lipinski definition) is 1. The van der Waals surface area contributed by atoms with Crippen molar-refractivity contribution in [2.24, 2.45) is 0 Å². The monoisotopic (exact) mass is 775 g/mol. The Kier molecular flexibility index (Phi) is 37.6. The number of phosphoric acid groups is 1. The average Bonchev–Trinajstić information content (AvgIpc) is 3.11. The molecule has 2 atom stereocenters. The molecule has 0 fully saturated rings. The van der Waals surface area contributed by atoms with Crippen LogP contribution in [0.15, 0.2) is 12.2 Å². The highest BCUT2D eigenvalue weighted by Crippen LogP contribution is 2.43. The van der Waals surface area contributed by atoms with Gasteiger partial charge in [0.1, 0.15) is 19.3 Å². The molecule has 0 saturated heterocycles. The number of esters is 1. The van der Waals surface area contributed by atoms with Gasteiger partial charge in [0, 0.05) is 13.0 Å². The van der Waals surface area contributed by atoms with Crippen molar-refractivity contribution < 1.29 is 37.3 Å². The highest BCUT2D eigenvalue weighted by atomic mass is 31.2. The Hall–Kier alpha value is -0.760. The number of nitrogens with zero attached hydrogens (tertiary/aromatic N) is 1. The van der Waals surface area contributed by atoms with Crippen LogP contribution in [0, 0.1) is 0 Å². The van der Waals surface area contributed by atoms with Crippen molar-refractivity contribution >= 4 is 13.8 Å². The molecular weight excluding hydrogens is 685 g/mol. The third-order valence-electron chi connectivity index (χ3n) is 9.83. The van der Waals surface area contributed by atoms with Crippen LogP contribution in [-0.4, -0.2) is 75.6 Å². The van der Waals surface area contributed by atoms with Crippen LogP contribution in [0.2, 0.25) is 0 Å². The van der Waals surface area contributed by atoms with Gasteiger partial charge in [-0.2, -0.15) is 0 Å². The number of unbranched alkanes of at least 4 members (excludes halogenated alkanes) is 26. The van der Waals surface area contributed by atoms with E-state index in [1.54, 1.807) is 0 Å². The topological polar surface area (TPSA) is 91.3 Å². The predicted molar refractivity (Wildman–Crippen MR) is 224 cm³/mol. The van der Waals surface area contributed by atoms with Gasteiger partial charge >= 0.3 is 13.8 Å². The third kappa shape index (κ3) is 42.2. The predicted octanol–water partition coefficient (Wildman–Crippen LogP) is 13.1. The molecule has 316 valence electrons. The number of allylic oxidation sites excluding steroid dienone is 2. The summed E-state index contributed by atoms with van der Waals surface area (Å²) in [7, 11) is 1.68. The number of ether oxygens (including phenoxy) is 2. The molecular formula is C44H89NO7P+. The molecule has 9 heteroatoms. The number of carbonyl (C=O) groups excluding carboxylic acids is 1. The maximum absolute atomic E-state index is 12.7. The standard InChI is InChI=1S/C44H88NO7P/c1-6-8-10-12-14-16-18-20-21-22-23-24-25-26-28-30-32-34-36-39-49-41-43(42-51-53(47,48)50-40-38-45(3,4)5)52-44(46)37-35-33-31-29-27-19-17-15-13-11-9-7-2/h21-22,43H,6-20,23-42H2,1-5H3/p+1/b22-21-. The van der Waals surface area contributed by atoms with Gasteiger partial charge in [0.2, 0.25) is 0 Å². The van der Waals surface area contributed by atoms with Crippen molar-refractivity contribution in [1.82, 2.24) is 0 Å². The maximum Gasteiger partial charge on any atom is 0.472 e. The van der Waals surface area contributed by atoms with E-state index < -0.39 is 13.9 Å². The Labute approximate surface area is 329 Å². The molecule has 0 spiro atoms. The SMILES string of the molecule is CCCCCCCCC/C=C\CCCCCCCCCCOCC(COP(=O)(O)OCC[N+](C)(C)C)OC(=O)CCCCCCCCCCCCCC. The van der Waals surface area contributed by atoms with Crippen molar-refractivity contribution in [1.29, 1.82) is 0 Å². The van der Waals surface area contributed by atoms with Crippen LogP contribution in [0.3, 0.4) is 0 Å². The summed E-state index contributed by atoms with van der Waals surface area (Å²) >= 11 is 0. The highest BCUT2D eigenvalue weighted by molar-refractivity contribution is 7.47. The lowest BCUT2D eigenvalue weighted by Gasteiger charge is -2.24. The zero-order chi connectivity index (χ0) is 39.1. The first-order valence-electron chi connectivity index (χ1n) is 22.4. The minimum absolute atomic E-state index is 0.0912. The highest BCUT2D eigenvalue weighted by Gasteiger charge is 2.26. The zero-order valence-electron chi connectivity index (χ0n) is 35.8. The molecule has 0 aliphatic heterocycles. The Morgan fingerprint density at radius 3 is 1.43 bits per heavy atom. The third-order valence-corrected chi connectivity index (χ3v) is 10.8. The summed E-state index contributed by atoms with van der Waals surface area (Å²) in [5, 5.41) is 0. The van der Waals surface area contributed by atoms with Crippen LogP contribution in [0.4, 0.5) is 0 Å². The number of phosphoric ester groups is 1. The Balaban J connectivity index is 4.16. The van der Waals surface area contributed by atoms with Gasteiger partial charge in [-0.1, -0.05) is 174 Å². The average molecular weight is 775 g/mol. The summed E-state index contributed by atoms with van der Waals surface area (Å²) in [5.41, 5.74) is 0. The van der Waals surface area contributed by atoms with E-state index in [0.717, 1.165) is 32.1 Å². The fraction of sp³-hybridized carbons (Fsp3) is 0.932. The van der Waals surface area contributed by atoms with Crippen molar-refractivity contribution in [3.05, 3.63) is 12.2 Å². The van der Waals surface area contributed by atoms with Crippen LogP contribution in [0.5, 0.6) is 0 Å². The molecule has 2 unspecified atom stereocenters. The van der Waals surface area contributed by atoms with E-state index in [1.165, 1.54) is 154 Å². The lowest BCUT2D eigenvalue weighted by atomic mass is 10.0. The normalized spacial score (nSPS) is 13.8. The van der Waals surface area contributed by atoms with E-state index in [1.807, 2.05) is 21.1 Å². The lowest BCUT2D eigenvalue weighted by molar-refractivity contribution is -0.870. The fourth-order valence-corrected chi connectivity index (χ4v) is 7.05. The molecule has 0 aromatic carbocycles. The van der Waals surface area contributed by atoms with E-state index in [4.69, 9.17) is 18.5 Å². The minimum Gasteiger partial charge on any atom is -0.457 e. The molecule has 0 aliphatic rings. The molecule has 0 heterocycles. The smallest absolute Gasteiger partial charge is 0.457 e. The summed E-state index contributed by atoms with van der Waals surface area (Å²) in [6, 6.07) is 0. The van der Waals surface area contributed by atoms with Gasteiger partial charge in [-0.25, -0.2) is 4.57 Å². The molecule has 0 amide bonds. The van der Waals surface area contributed by atoms with Gasteiger partial charge in [0.25, 0.3) is 0 Å². The van der Waals surface area contributed by atoms with Crippen molar-refractivity contribution in [3.63, 3.8) is 0 Å². The largest absolute Gasteiger partial charge is 0.472 e. The van der Waals surface area contributed by atoms with E-state index in [0.29, 0.717) is 24.1 Å². The molecule has 0 saturated carbocycles. The first kappa shape index (κ1) is 52.2. The van der Waals surface area contributed by atoms with Crippen LogP contribution < -0.4 is 0 Å². The van der Waals surface area contributed by atoms with E-state index in [9.17, 15) is 14.3 Å². The second kappa shape index (κ2) is 38.1. The quantitative estimate of drug-likeness (QED) is 0.0217. The molecule has 0 bridgehead atoms. The van der Waals surface area contributed by atoms with Gasteiger partial charge in [0.15, 0.2) is 0 Å². The number of likely N-dealkylation sites (N-methyl/N-ethyl adjacent to an activating group) is 1. The molecule has 8 nitrogen and oxygen atoms in total. The number of carbonyl (C=O) groups is 1. The summed E-state index contributed by atoms with van der Waals surface area (Å²) < 4.78 is 35.0. The zero-order valence-corrected chi connectivity index (χ0v) is 36.7. The van der Waals surface area contributed by atoms with Crippen molar-refractivity contribution in [2.45, 2.75) is 213 Å². The summed E-state index contributed by atoms with van der Waals surface area (Å²) in [6.45, 7) is 5.64. The van der Waals surface area contributed by atoms with E-state index in [2.05, 4.69) is 26.0 Å². The van der Waals surface area contributed by atoms with Crippen LogP contribution in [-0.2, 0) is 27.9 Å². The molecule has 1 N–H and O–H groups in total. The van der Waals surface area contributed by atoms with Gasteiger partial charge in [-0.05, 0) is 38.5 Å². The Morgan fingerprint density at radius 1 is 0.566 bits per heavy atom. The van der Waals surface area contributed by atoms with Crippen LogP contribution in [0.25, 0.3) is 0 Å². The number of quaternary nitrogens is 1. The van der Waals surface area contributed by atoms with Crippen LogP contribution in [0.1, 0.15) is 206 Å². The lowest BCUT2D eigenvalue weighted by Crippen LogP contribution is -2.37. The number of hydrogen-bond acceptors (Lipinski definition) is 6. The number of rotatable bonds is 42. The molecule has 0 aliphatic carbocycles. The Morgan fingerprint density at radius 2 is 0.981 bits per heavy atom. The molecule has 0 rings (SSSR count). The van der Waals surface area contributed by atoms with E-state index >= 15 is 0 Å². The molecule has 53 heavy (non-hydrogen) atoms. The molecule has 0 aromatic heterocycles. The van der Waals surface area contributed by atoms with Gasteiger partial charge in [0.05, 0.1) is 34.4 Å². The summed E-state index contributed by atoms with van der Waals surface area (Å²) in [4.78, 5) is 22.8. The fourth-order valence-electron chi connectivity index (χ4n) is 6.31. The van der Waals surface area contributed by atoms with Gasteiger partial charge in [-0.15, -0.1) is 0 Å². The molecule has 0 radical (unpaired) electrons. The Bertz CT molecular complexity index is 863. The van der Waals surface area contributed by atoms with Gasteiger partial charge in [-0.3, -0.25) is 13.8 Å². The van der Waals surface area contributed by atoms with Crippen molar-refractivity contribution in [2.75, 3.05) is 54.1 Å². The molecule has 0 aromatic rings. The maximum atomic E-state index is 12.7. The van der Waals surface area contributed by atoms with E-state index in [-0.39, 0.29) is 25.8 Å². The first-order valence-corrected chi connectivity index (χ1v) is 23.9.